The number of carbonyl (C=O) groups excluding carboxylic acids is 1. The zero-order chi connectivity index (χ0) is 23.6. The minimum Gasteiger partial charge on any atom is -0.308 e. The van der Waals surface area contributed by atoms with Gasteiger partial charge in [0.2, 0.25) is 15.9 Å². The summed E-state index contributed by atoms with van der Waals surface area (Å²) < 4.78 is 43.8. The third-order valence-electron chi connectivity index (χ3n) is 5.18. The highest BCUT2D eigenvalue weighted by atomic mass is 32.2. The number of sulfonamides is 1. The number of carbonyl (C=O) groups is 1. The molecule has 8 nitrogen and oxygen atoms in total. The summed E-state index contributed by atoms with van der Waals surface area (Å²) in [6, 6.07) is 14.9. The first-order chi connectivity index (χ1) is 15.7. The fourth-order valence-corrected chi connectivity index (χ4v) is 4.90. The molecule has 0 spiro atoms. The van der Waals surface area contributed by atoms with Gasteiger partial charge in [-0.3, -0.25) is 9.36 Å². The predicted octanol–water partition coefficient (Wildman–Crippen LogP) is 2.86. The van der Waals surface area contributed by atoms with E-state index in [0.29, 0.717) is 0 Å². The van der Waals surface area contributed by atoms with E-state index < -0.39 is 45.3 Å². The molecule has 1 aromatic heterocycles. The maximum absolute atomic E-state index is 14.2. The minimum atomic E-state index is -3.84. The lowest BCUT2D eigenvalue weighted by molar-refractivity contribution is -0.114. The molecule has 2 N–H and O–H groups in total. The van der Waals surface area contributed by atoms with Crippen LogP contribution in [0.1, 0.15) is 19.4 Å². The Hall–Kier alpha value is -3.63. The zero-order valence-electron chi connectivity index (χ0n) is 17.6. The number of aromatic nitrogens is 2. The Bertz CT molecular complexity index is 1390. The van der Waals surface area contributed by atoms with Crippen molar-refractivity contribution in [1.82, 2.24) is 14.3 Å². The van der Waals surface area contributed by atoms with Gasteiger partial charge in [0.15, 0.2) is 11.6 Å². The highest BCUT2D eigenvalue weighted by Crippen LogP contribution is 2.26. The van der Waals surface area contributed by atoms with E-state index >= 15 is 0 Å². The summed E-state index contributed by atoms with van der Waals surface area (Å²) in [5.74, 6) is -1.86. The van der Waals surface area contributed by atoms with Crippen LogP contribution in [0.5, 0.6) is 0 Å². The van der Waals surface area contributed by atoms with Crippen LogP contribution >= 0.6 is 0 Å². The number of hydrogen-bond acceptors (Lipinski definition) is 5. The van der Waals surface area contributed by atoms with Gasteiger partial charge in [0.25, 0.3) is 0 Å². The molecule has 0 unspecified atom stereocenters. The van der Waals surface area contributed by atoms with Crippen molar-refractivity contribution >= 4 is 21.7 Å². The molecule has 4 rings (SSSR count). The third-order valence-corrected chi connectivity index (χ3v) is 6.67. The second kappa shape index (κ2) is 9.08. The minimum absolute atomic E-state index is 0.116. The van der Waals surface area contributed by atoms with Gasteiger partial charge >= 0.3 is 5.69 Å². The molecule has 170 valence electrons. The molecular formula is C23H21FN4O4S. The third kappa shape index (κ3) is 5.07. The molecule has 2 atom stereocenters. The lowest BCUT2D eigenvalue weighted by Crippen LogP contribution is -2.34. The van der Waals surface area contributed by atoms with Crippen molar-refractivity contribution in [3.05, 3.63) is 89.2 Å². The molecule has 0 saturated carbocycles. The lowest BCUT2D eigenvalue weighted by Gasteiger charge is -2.17. The maximum atomic E-state index is 14.2. The van der Waals surface area contributed by atoms with Crippen molar-refractivity contribution in [2.75, 3.05) is 5.32 Å². The van der Waals surface area contributed by atoms with Gasteiger partial charge in [-0.05, 0) is 29.7 Å². The topological polar surface area (TPSA) is 110 Å². The van der Waals surface area contributed by atoms with Crippen LogP contribution in [0.15, 0.2) is 82.6 Å². The van der Waals surface area contributed by atoms with Crippen molar-refractivity contribution in [2.45, 2.75) is 30.3 Å². The van der Waals surface area contributed by atoms with Crippen LogP contribution in [-0.4, -0.2) is 29.9 Å². The van der Waals surface area contributed by atoms with Crippen LogP contribution in [0.25, 0.3) is 11.1 Å². The van der Waals surface area contributed by atoms with E-state index in [1.165, 1.54) is 13.0 Å². The molecule has 10 heteroatoms. The summed E-state index contributed by atoms with van der Waals surface area (Å²) in [6.07, 6.45) is 4.40. The first kappa shape index (κ1) is 22.6. The van der Waals surface area contributed by atoms with E-state index in [1.807, 2.05) is 36.4 Å². The Morgan fingerprint density at radius 1 is 1.09 bits per heavy atom. The standard InChI is InChI=1S/C23H21FN4O4S/c1-15(29)25-22-21(24)14-28(23(30)26-22)19-11-10-18(13-19)27-33(31,32)20-9-5-8-17(12-20)16-6-3-2-4-7-16/h2-12,14,18-19,27H,13H2,1H3,(H,25,26,29,30)/t18-,19+/m1/s1. The SMILES string of the molecule is CC(=O)Nc1nc(=O)n([C@H]2C=C[C@@H](NS(=O)(=O)c3cccc(-c4ccccc4)c3)C2)cc1F. The molecule has 1 aliphatic rings. The molecule has 0 radical (unpaired) electrons. The van der Waals surface area contributed by atoms with Crippen molar-refractivity contribution in [3.8, 4) is 11.1 Å². The predicted molar refractivity (Wildman–Crippen MR) is 122 cm³/mol. The van der Waals surface area contributed by atoms with Crippen molar-refractivity contribution < 1.29 is 17.6 Å². The Balaban J connectivity index is 1.50. The Morgan fingerprint density at radius 3 is 2.55 bits per heavy atom. The van der Waals surface area contributed by atoms with E-state index in [1.54, 1.807) is 24.3 Å². The van der Waals surface area contributed by atoms with Gasteiger partial charge in [-0.2, -0.15) is 4.98 Å². The Morgan fingerprint density at radius 2 is 1.82 bits per heavy atom. The number of benzene rings is 2. The van der Waals surface area contributed by atoms with Gasteiger partial charge in [-0.25, -0.2) is 22.3 Å². The van der Waals surface area contributed by atoms with Crippen LogP contribution in [0.3, 0.4) is 0 Å². The summed E-state index contributed by atoms with van der Waals surface area (Å²) in [7, 11) is -3.84. The van der Waals surface area contributed by atoms with Crippen LogP contribution in [0, 0.1) is 5.82 Å². The quantitative estimate of drug-likeness (QED) is 0.541. The van der Waals surface area contributed by atoms with E-state index in [0.717, 1.165) is 21.9 Å². The highest BCUT2D eigenvalue weighted by Gasteiger charge is 2.27. The van der Waals surface area contributed by atoms with Crippen LogP contribution < -0.4 is 15.7 Å². The van der Waals surface area contributed by atoms with E-state index in [-0.39, 0.29) is 11.3 Å². The van der Waals surface area contributed by atoms with Crippen LogP contribution in [0.4, 0.5) is 10.2 Å². The average molecular weight is 469 g/mol. The highest BCUT2D eigenvalue weighted by molar-refractivity contribution is 7.89. The number of anilines is 1. The van der Waals surface area contributed by atoms with Gasteiger partial charge in [-0.1, -0.05) is 54.6 Å². The smallest absolute Gasteiger partial charge is 0.308 e. The summed E-state index contributed by atoms with van der Waals surface area (Å²) >= 11 is 0. The second-order valence-corrected chi connectivity index (χ2v) is 9.33. The number of amides is 1. The second-order valence-electron chi connectivity index (χ2n) is 7.62. The molecule has 0 saturated heterocycles. The summed E-state index contributed by atoms with van der Waals surface area (Å²) in [5, 5.41) is 2.16. The lowest BCUT2D eigenvalue weighted by atomic mass is 10.1. The van der Waals surface area contributed by atoms with Gasteiger partial charge in [0.1, 0.15) is 0 Å². The fraction of sp³-hybridized carbons (Fsp3) is 0.174. The molecule has 1 amide bonds. The zero-order valence-corrected chi connectivity index (χ0v) is 18.4. The van der Waals surface area contributed by atoms with Crippen molar-refractivity contribution in [3.63, 3.8) is 0 Å². The molecule has 2 aromatic carbocycles. The van der Waals surface area contributed by atoms with Gasteiger partial charge < -0.3 is 5.32 Å². The van der Waals surface area contributed by atoms with E-state index in [2.05, 4.69) is 15.0 Å². The molecule has 0 bridgehead atoms. The van der Waals surface area contributed by atoms with Crippen LogP contribution in [-0.2, 0) is 14.8 Å². The number of halogens is 1. The Labute approximate surface area is 189 Å². The molecule has 0 aliphatic heterocycles. The molecule has 0 fully saturated rings. The maximum Gasteiger partial charge on any atom is 0.350 e. The van der Waals surface area contributed by atoms with Crippen molar-refractivity contribution in [1.29, 1.82) is 0 Å². The molecule has 1 aliphatic carbocycles. The first-order valence-corrected chi connectivity index (χ1v) is 11.6. The number of rotatable bonds is 6. The summed E-state index contributed by atoms with van der Waals surface area (Å²) in [5.41, 5.74) is 0.909. The van der Waals surface area contributed by atoms with Gasteiger partial charge in [0, 0.05) is 19.2 Å². The number of allylic oxidation sites excluding steroid dienone is 1. The van der Waals surface area contributed by atoms with Gasteiger partial charge in [-0.15, -0.1) is 0 Å². The van der Waals surface area contributed by atoms with Crippen molar-refractivity contribution in [2.24, 2.45) is 0 Å². The van der Waals surface area contributed by atoms with Crippen LogP contribution in [0.2, 0.25) is 0 Å². The number of hydrogen-bond donors (Lipinski definition) is 2. The van der Waals surface area contributed by atoms with E-state index in [4.69, 9.17) is 0 Å². The summed E-state index contributed by atoms with van der Waals surface area (Å²) in [6.45, 7) is 1.18. The Kier molecular flexibility index (Phi) is 6.21. The molecule has 3 aromatic rings. The average Bonchev–Trinajstić information content (AvgIpc) is 3.24. The van der Waals surface area contributed by atoms with E-state index in [9.17, 15) is 22.4 Å². The summed E-state index contributed by atoms with van der Waals surface area (Å²) in [4.78, 5) is 27.1. The molecular weight excluding hydrogens is 447 g/mol. The van der Waals surface area contributed by atoms with Gasteiger partial charge in [0.05, 0.1) is 10.9 Å². The monoisotopic (exact) mass is 468 g/mol. The molecule has 1 heterocycles. The number of nitrogens with one attached hydrogen (secondary N) is 2. The first-order valence-electron chi connectivity index (χ1n) is 10.2. The molecule has 33 heavy (non-hydrogen) atoms. The largest absolute Gasteiger partial charge is 0.350 e. The normalized spacial score (nSPS) is 17.8. The fourth-order valence-electron chi connectivity index (χ4n) is 3.65. The number of nitrogens with zero attached hydrogens (tertiary/aromatic N) is 2.